The maximum absolute atomic E-state index is 13.0. The van der Waals surface area contributed by atoms with Gasteiger partial charge in [0.05, 0.1) is 26.4 Å². The lowest BCUT2D eigenvalue weighted by molar-refractivity contribution is -0.161. The smallest absolute Gasteiger partial charge is 0.462 e. The molecule has 0 bridgehead atoms. The summed E-state index contributed by atoms with van der Waals surface area (Å²) in [7, 11) is -9.92. The zero-order valence-corrected chi connectivity index (χ0v) is 59.9. The number of ether oxygens (including phenoxy) is 4. The van der Waals surface area contributed by atoms with Crippen LogP contribution in [0.2, 0.25) is 0 Å². The summed E-state index contributed by atoms with van der Waals surface area (Å²) in [5.74, 6) is 0.0615. The summed E-state index contributed by atoms with van der Waals surface area (Å²) in [6.45, 7) is 11.7. The molecule has 0 rings (SSSR count). The van der Waals surface area contributed by atoms with Gasteiger partial charge in [-0.1, -0.05) is 278 Å². The average Bonchev–Trinajstić information content (AvgIpc) is 2.25. The van der Waals surface area contributed by atoms with Crippen LogP contribution in [0, 0.1) is 17.8 Å². The number of phosphoric acid groups is 2. The van der Waals surface area contributed by atoms with Gasteiger partial charge < -0.3 is 33.8 Å². The first kappa shape index (κ1) is 87.5. The van der Waals surface area contributed by atoms with E-state index in [1.54, 1.807) is 0 Å². The summed E-state index contributed by atoms with van der Waals surface area (Å²) in [5, 5.41) is 10.6. The summed E-state index contributed by atoms with van der Waals surface area (Å²) in [6, 6.07) is 0. The highest BCUT2D eigenvalue weighted by Gasteiger charge is 2.30. The molecule has 90 heavy (non-hydrogen) atoms. The van der Waals surface area contributed by atoms with Crippen molar-refractivity contribution in [3.8, 4) is 0 Å². The monoisotopic (exact) mass is 1320 g/mol. The summed E-state index contributed by atoms with van der Waals surface area (Å²) >= 11 is 0. The molecule has 17 nitrogen and oxygen atoms in total. The maximum atomic E-state index is 13.0. The van der Waals surface area contributed by atoms with Gasteiger partial charge >= 0.3 is 39.5 Å². The van der Waals surface area contributed by atoms with Crippen LogP contribution in [0.1, 0.15) is 331 Å². The van der Waals surface area contributed by atoms with Gasteiger partial charge in [0.1, 0.15) is 19.3 Å². The van der Waals surface area contributed by atoms with E-state index in [0.717, 1.165) is 121 Å². The molecule has 0 aliphatic heterocycles. The number of esters is 4. The van der Waals surface area contributed by atoms with E-state index in [1.165, 1.54) is 122 Å². The third-order valence-electron chi connectivity index (χ3n) is 16.1. The second kappa shape index (κ2) is 61.4. The maximum Gasteiger partial charge on any atom is 0.472 e. The van der Waals surface area contributed by atoms with Crippen LogP contribution in [-0.2, 0) is 65.4 Å². The van der Waals surface area contributed by atoms with Crippen molar-refractivity contribution >= 4 is 39.5 Å². The Morgan fingerprint density at radius 1 is 0.367 bits per heavy atom. The number of aliphatic hydroxyl groups is 1. The van der Waals surface area contributed by atoms with Crippen molar-refractivity contribution in [3.63, 3.8) is 0 Å². The van der Waals surface area contributed by atoms with Crippen molar-refractivity contribution in [2.24, 2.45) is 17.8 Å². The molecule has 0 heterocycles. The minimum atomic E-state index is -4.96. The minimum absolute atomic E-state index is 0.0835. The molecule has 0 aliphatic carbocycles. The molecule has 3 unspecified atom stereocenters. The lowest BCUT2D eigenvalue weighted by atomic mass is 9.99. The fraction of sp³-hybridized carbons (Fsp3) is 0.887. The van der Waals surface area contributed by atoms with E-state index >= 15 is 0 Å². The topological polar surface area (TPSA) is 237 Å². The molecule has 0 saturated carbocycles. The van der Waals surface area contributed by atoms with Crippen molar-refractivity contribution in [2.45, 2.75) is 349 Å². The van der Waals surface area contributed by atoms with Gasteiger partial charge in [-0.2, -0.15) is 0 Å². The molecule has 0 aromatic rings. The highest BCUT2D eigenvalue weighted by atomic mass is 31.2. The third kappa shape index (κ3) is 63.0. The summed E-state index contributed by atoms with van der Waals surface area (Å²) in [4.78, 5) is 72.5. The number of allylic oxidation sites excluding steroid dienone is 4. The Bertz CT molecular complexity index is 1860. The Morgan fingerprint density at radius 3 is 0.989 bits per heavy atom. The first-order valence-corrected chi connectivity index (χ1v) is 39.2. The lowest BCUT2D eigenvalue weighted by Gasteiger charge is -2.21. The largest absolute Gasteiger partial charge is 0.472 e. The van der Waals surface area contributed by atoms with Gasteiger partial charge in [0.2, 0.25) is 0 Å². The second-order valence-corrected chi connectivity index (χ2v) is 29.0. The van der Waals surface area contributed by atoms with Gasteiger partial charge in [-0.15, -0.1) is 0 Å². The van der Waals surface area contributed by atoms with E-state index < -0.39 is 97.5 Å². The molecule has 0 radical (unpaired) electrons. The van der Waals surface area contributed by atoms with Crippen LogP contribution in [0.3, 0.4) is 0 Å². The van der Waals surface area contributed by atoms with Gasteiger partial charge in [-0.25, -0.2) is 9.13 Å². The fourth-order valence-corrected chi connectivity index (χ4v) is 11.7. The minimum Gasteiger partial charge on any atom is -0.462 e. The van der Waals surface area contributed by atoms with Gasteiger partial charge in [-0.3, -0.25) is 37.3 Å². The number of phosphoric ester groups is 2. The molecular weight excluding hydrogens is 1190 g/mol. The molecule has 0 saturated heterocycles. The fourth-order valence-electron chi connectivity index (χ4n) is 10.1. The summed E-state index contributed by atoms with van der Waals surface area (Å²) < 4.78 is 68.2. The zero-order valence-electron chi connectivity index (χ0n) is 58.1. The Balaban J connectivity index is 5.29. The Labute approximate surface area is 548 Å². The van der Waals surface area contributed by atoms with Crippen LogP contribution in [0.4, 0.5) is 0 Å². The van der Waals surface area contributed by atoms with Crippen molar-refractivity contribution in [3.05, 3.63) is 24.3 Å². The number of hydrogen-bond donors (Lipinski definition) is 3. The number of carbonyl (C=O) groups excluding carboxylic acids is 4. The van der Waals surface area contributed by atoms with Crippen molar-refractivity contribution in [1.82, 2.24) is 0 Å². The SMILES string of the molecule is CCCCCC/C=C\C=C/CCCCCCCC(=O)O[C@H](COC(=O)CCCCCCCCC(C)C)COP(=O)(O)OC[C@H](O)COP(=O)(O)OC[C@@H](COC(=O)CCCCCCCCCCCC(C)C)OC(=O)CCCCCCCCCCCCC(C)CC. The molecular formula is C71H134O17P2. The molecule has 0 aromatic heterocycles. The van der Waals surface area contributed by atoms with Gasteiger partial charge in [0.25, 0.3) is 0 Å². The Hall–Kier alpha value is -2.46. The number of aliphatic hydroxyl groups excluding tert-OH is 1. The predicted octanol–water partition coefficient (Wildman–Crippen LogP) is 19.8. The first-order valence-electron chi connectivity index (χ1n) is 36.2. The van der Waals surface area contributed by atoms with E-state index in [0.29, 0.717) is 31.6 Å². The molecule has 530 valence electrons. The highest BCUT2D eigenvalue weighted by Crippen LogP contribution is 2.45. The highest BCUT2D eigenvalue weighted by molar-refractivity contribution is 7.47. The molecule has 0 spiro atoms. The van der Waals surface area contributed by atoms with Crippen LogP contribution in [-0.4, -0.2) is 96.7 Å². The molecule has 19 heteroatoms. The standard InChI is InChI=1S/C71H134O17P2/c1-8-10-11-12-13-14-15-16-17-18-19-25-31-40-47-54-70(75)88-67(59-82-69(74)53-46-39-34-33-36-43-50-63(5)6)61-86-90(79,80)84-57-65(72)56-83-89(77,78)85-60-66(58-81-68(73)52-45-38-30-27-22-23-28-35-42-49-62(3)4)87-71(76)55-48-41-32-26-21-20-24-29-37-44-51-64(7)9-2/h14-17,62-67,72H,8-13,18-61H2,1-7H3,(H,77,78)(H,79,80)/b15-14-,17-16-/t64?,65-,66-,67-/m1/s1. The predicted molar refractivity (Wildman–Crippen MR) is 363 cm³/mol. The van der Waals surface area contributed by atoms with Gasteiger partial charge in [-0.05, 0) is 69.1 Å². The number of hydrogen-bond acceptors (Lipinski definition) is 15. The van der Waals surface area contributed by atoms with Crippen molar-refractivity contribution < 1.29 is 80.2 Å². The Kier molecular flexibility index (Phi) is 59.7. The van der Waals surface area contributed by atoms with Crippen LogP contribution in [0.15, 0.2) is 24.3 Å². The van der Waals surface area contributed by atoms with Gasteiger partial charge in [0.15, 0.2) is 12.2 Å². The lowest BCUT2D eigenvalue weighted by Crippen LogP contribution is -2.30. The molecule has 0 amide bonds. The number of unbranched alkanes of at least 4 members (excludes halogenated alkanes) is 31. The second-order valence-electron chi connectivity index (χ2n) is 26.1. The van der Waals surface area contributed by atoms with Crippen LogP contribution < -0.4 is 0 Å². The normalized spacial score (nSPS) is 14.7. The molecule has 0 aliphatic rings. The number of rotatable bonds is 67. The third-order valence-corrected chi connectivity index (χ3v) is 18.0. The van der Waals surface area contributed by atoms with Crippen molar-refractivity contribution in [2.75, 3.05) is 39.6 Å². The van der Waals surface area contributed by atoms with E-state index in [2.05, 4.69) is 72.8 Å². The molecule has 3 N–H and O–H groups in total. The van der Waals surface area contributed by atoms with Crippen LogP contribution in [0.5, 0.6) is 0 Å². The Morgan fingerprint density at radius 2 is 0.656 bits per heavy atom. The van der Waals surface area contributed by atoms with E-state index in [9.17, 15) is 43.2 Å². The van der Waals surface area contributed by atoms with E-state index in [4.69, 9.17) is 37.0 Å². The van der Waals surface area contributed by atoms with Crippen LogP contribution in [0.25, 0.3) is 0 Å². The quantitative estimate of drug-likeness (QED) is 0.0169. The number of carbonyl (C=O) groups is 4. The first-order chi connectivity index (χ1) is 43.3. The van der Waals surface area contributed by atoms with Gasteiger partial charge in [0, 0.05) is 25.7 Å². The molecule has 0 fully saturated rings. The van der Waals surface area contributed by atoms with Crippen LogP contribution >= 0.6 is 15.6 Å². The van der Waals surface area contributed by atoms with E-state index in [-0.39, 0.29) is 25.7 Å². The van der Waals surface area contributed by atoms with E-state index in [1.807, 2.05) is 0 Å². The molecule has 6 atom stereocenters. The van der Waals surface area contributed by atoms with Crippen molar-refractivity contribution in [1.29, 1.82) is 0 Å². The average molecular weight is 1320 g/mol. The summed E-state index contributed by atoms with van der Waals surface area (Å²) in [5.41, 5.74) is 0. The molecule has 0 aromatic carbocycles. The zero-order chi connectivity index (χ0) is 66.6. The summed E-state index contributed by atoms with van der Waals surface area (Å²) in [6.07, 6.45) is 48.1.